The van der Waals surface area contributed by atoms with E-state index in [0.717, 1.165) is 108 Å². The van der Waals surface area contributed by atoms with Crippen LogP contribution in [0.1, 0.15) is 421 Å². The number of esters is 4. The Hall–Kier alpha value is -1.94. The quantitative estimate of drug-likeness (QED) is 0.0222. The Labute approximate surface area is 613 Å². The van der Waals surface area contributed by atoms with Crippen molar-refractivity contribution in [3.05, 3.63) is 0 Å². The maximum absolute atomic E-state index is 13.1. The Bertz CT molecular complexity index is 1940. The van der Waals surface area contributed by atoms with Crippen molar-refractivity contribution in [2.75, 3.05) is 39.6 Å². The van der Waals surface area contributed by atoms with Gasteiger partial charge in [-0.15, -0.1) is 0 Å². The summed E-state index contributed by atoms with van der Waals surface area (Å²) in [6.45, 7) is 11.8. The SMILES string of the molecule is CCCCCCCCCCCCCCCCCCCCCCCCC(=O)O[C@H](COC(=O)CCCCCCCCCCCCCCCCCC(C)C)COP(=O)(O)OC[C@@H](O)COP(=O)(O)OC[C@@H](COC(=O)CCCCCCCCC(C)CC)OC(=O)CCCCCCCCCC(C)C. The molecular weight excluding hydrogens is 1310 g/mol. The molecule has 0 rings (SSSR count). The smallest absolute Gasteiger partial charge is 0.462 e. The van der Waals surface area contributed by atoms with Gasteiger partial charge in [0.25, 0.3) is 0 Å². The van der Waals surface area contributed by atoms with Crippen LogP contribution in [0.2, 0.25) is 0 Å². The van der Waals surface area contributed by atoms with Crippen molar-refractivity contribution in [2.45, 2.75) is 439 Å². The van der Waals surface area contributed by atoms with Crippen molar-refractivity contribution in [1.82, 2.24) is 0 Å². The first-order valence-electron chi connectivity index (χ1n) is 41.9. The van der Waals surface area contributed by atoms with Gasteiger partial charge < -0.3 is 33.8 Å². The van der Waals surface area contributed by atoms with E-state index in [2.05, 4.69) is 48.5 Å². The summed E-state index contributed by atoms with van der Waals surface area (Å²) in [5.74, 6) is 0.116. The fourth-order valence-electron chi connectivity index (χ4n) is 12.5. The standard InChI is InChI=1S/C81H158O17P2/c1-8-10-11-12-13-14-15-16-17-18-19-20-21-22-23-26-30-33-36-41-50-57-64-80(85)97-76(68-91-78(83)62-55-48-40-35-32-29-27-24-25-28-31-34-38-45-52-59-72(3)4)70-95-99(87,88)93-66-75(82)67-94-100(89,90)96-71-77(98-81(86)65-58-51-42-37-39-46-53-60-73(5)6)69-92-79(84)63-56-49-44-43-47-54-61-74(7)9-2/h72-77,82H,8-71H2,1-7H3,(H,87,88)(H,89,90)/t74?,75-,76-,77-/m1/s1. The van der Waals surface area contributed by atoms with E-state index in [9.17, 15) is 43.2 Å². The van der Waals surface area contributed by atoms with Crippen molar-refractivity contribution in [3.63, 3.8) is 0 Å². The van der Waals surface area contributed by atoms with E-state index in [-0.39, 0.29) is 25.7 Å². The summed E-state index contributed by atoms with van der Waals surface area (Å²) in [5.41, 5.74) is 0. The molecule has 594 valence electrons. The molecule has 0 aliphatic carbocycles. The van der Waals surface area contributed by atoms with E-state index in [1.54, 1.807) is 0 Å². The minimum Gasteiger partial charge on any atom is -0.462 e. The number of phosphoric acid groups is 2. The fraction of sp³-hybridized carbons (Fsp3) is 0.951. The van der Waals surface area contributed by atoms with Crippen molar-refractivity contribution < 1.29 is 80.2 Å². The molecule has 0 aliphatic rings. The zero-order valence-corrected chi connectivity index (χ0v) is 67.5. The zero-order chi connectivity index (χ0) is 73.7. The van der Waals surface area contributed by atoms with Crippen LogP contribution in [0.4, 0.5) is 0 Å². The first-order valence-corrected chi connectivity index (χ1v) is 44.9. The third-order valence-electron chi connectivity index (χ3n) is 19.2. The van der Waals surface area contributed by atoms with Crippen LogP contribution in [0.5, 0.6) is 0 Å². The van der Waals surface area contributed by atoms with Crippen molar-refractivity contribution in [3.8, 4) is 0 Å². The number of rotatable bonds is 79. The molecule has 19 heteroatoms. The van der Waals surface area contributed by atoms with Crippen molar-refractivity contribution in [2.24, 2.45) is 17.8 Å². The Morgan fingerprint density at radius 1 is 0.290 bits per heavy atom. The average molecular weight is 1470 g/mol. The number of aliphatic hydroxyl groups is 1. The van der Waals surface area contributed by atoms with E-state index in [4.69, 9.17) is 37.0 Å². The first kappa shape index (κ1) is 98.1. The van der Waals surface area contributed by atoms with Crippen LogP contribution < -0.4 is 0 Å². The molecule has 0 aromatic carbocycles. The van der Waals surface area contributed by atoms with Gasteiger partial charge in [-0.05, 0) is 43.4 Å². The molecule has 3 unspecified atom stereocenters. The Balaban J connectivity index is 5.19. The number of hydrogen-bond acceptors (Lipinski definition) is 15. The number of unbranched alkanes of at least 4 members (excludes halogenated alkanes) is 46. The summed E-state index contributed by atoms with van der Waals surface area (Å²) < 4.78 is 68.6. The van der Waals surface area contributed by atoms with Gasteiger partial charge in [0.05, 0.1) is 26.4 Å². The Morgan fingerprint density at radius 3 is 0.760 bits per heavy atom. The Kier molecular flexibility index (Phi) is 69.9. The third-order valence-corrected chi connectivity index (χ3v) is 21.1. The summed E-state index contributed by atoms with van der Waals surface area (Å²) in [5, 5.41) is 10.6. The van der Waals surface area contributed by atoms with Crippen LogP contribution in [0, 0.1) is 17.8 Å². The number of carbonyl (C=O) groups is 4. The van der Waals surface area contributed by atoms with E-state index in [1.807, 2.05) is 0 Å². The average Bonchev–Trinajstić information content (AvgIpc) is 0.953. The molecule has 6 atom stereocenters. The molecule has 0 aliphatic heterocycles. The number of carbonyl (C=O) groups excluding carboxylic acids is 4. The van der Waals surface area contributed by atoms with E-state index in [1.165, 1.54) is 225 Å². The van der Waals surface area contributed by atoms with Crippen LogP contribution in [0.25, 0.3) is 0 Å². The summed E-state index contributed by atoms with van der Waals surface area (Å²) >= 11 is 0. The topological polar surface area (TPSA) is 237 Å². The molecule has 0 aromatic heterocycles. The second-order valence-electron chi connectivity index (χ2n) is 30.4. The van der Waals surface area contributed by atoms with E-state index < -0.39 is 97.5 Å². The molecular formula is C81H158O17P2. The third kappa shape index (κ3) is 73.0. The molecule has 0 amide bonds. The van der Waals surface area contributed by atoms with Crippen LogP contribution >= 0.6 is 15.6 Å². The molecule has 100 heavy (non-hydrogen) atoms. The van der Waals surface area contributed by atoms with Gasteiger partial charge in [0, 0.05) is 25.7 Å². The van der Waals surface area contributed by atoms with Gasteiger partial charge in [-0.2, -0.15) is 0 Å². The highest BCUT2D eigenvalue weighted by molar-refractivity contribution is 7.47. The Morgan fingerprint density at radius 2 is 0.510 bits per heavy atom. The predicted octanol–water partition coefficient (Wildman–Crippen LogP) is 24.1. The lowest BCUT2D eigenvalue weighted by Crippen LogP contribution is -2.30. The lowest BCUT2D eigenvalue weighted by Gasteiger charge is -2.21. The summed E-state index contributed by atoms with van der Waals surface area (Å²) in [6, 6.07) is 0. The van der Waals surface area contributed by atoms with E-state index >= 15 is 0 Å². The molecule has 0 fully saturated rings. The van der Waals surface area contributed by atoms with Gasteiger partial charge in [0.1, 0.15) is 19.3 Å². The lowest BCUT2D eigenvalue weighted by atomic mass is 10.00. The van der Waals surface area contributed by atoms with Gasteiger partial charge >= 0.3 is 39.5 Å². The molecule has 3 N–H and O–H groups in total. The summed E-state index contributed by atoms with van der Waals surface area (Å²) in [4.78, 5) is 72.9. The van der Waals surface area contributed by atoms with Crippen LogP contribution in [0.15, 0.2) is 0 Å². The normalized spacial score (nSPS) is 14.2. The van der Waals surface area contributed by atoms with E-state index in [0.29, 0.717) is 31.6 Å². The number of aliphatic hydroxyl groups excluding tert-OH is 1. The maximum atomic E-state index is 13.1. The zero-order valence-electron chi connectivity index (χ0n) is 65.7. The molecule has 0 bridgehead atoms. The predicted molar refractivity (Wildman–Crippen MR) is 409 cm³/mol. The van der Waals surface area contributed by atoms with Crippen LogP contribution in [0.3, 0.4) is 0 Å². The fourth-order valence-corrected chi connectivity index (χ4v) is 14.0. The summed E-state index contributed by atoms with van der Waals surface area (Å²) in [6.07, 6.45) is 60.1. The van der Waals surface area contributed by atoms with Gasteiger partial charge in [-0.1, -0.05) is 370 Å². The van der Waals surface area contributed by atoms with Gasteiger partial charge in [-0.25, -0.2) is 9.13 Å². The number of ether oxygens (including phenoxy) is 4. The molecule has 17 nitrogen and oxygen atoms in total. The highest BCUT2D eigenvalue weighted by atomic mass is 31.2. The molecule has 0 saturated heterocycles. The maximum Gasteiger partial charge on any atom is 0.472 e. The molecule has 0 aromatic rings. The van der Waals surface area contributed by atoms with Gasteiger partial charge in [0.15, 0.2) is 12.2 Å². The lowest BCUT2D eigenvalue weighted by molar-refractivity contribution is -0.161. The van der Waals surface area contributed by atoms with Crippen LogP contribution in [-0.2, 0) is 65.4 Å². The highest BCUT2D eigenvalue weighted by Crippen LogP contribution is 2.45. The first-order chi connectivity index (χ1) is 48.3. The molecule has 0 radical (unpaired) electrons. The van der Waals surface area contributed by atoms with Crippen molar-refractivity contribution >= 4 is 39.5 Å². The highest BCUT2D eigenvalue weighted by Gasteiger charge is 2.30. The second-order valence-corrected chi connectivity index (χ2v) is 33.3. The van der Waals surface area contributed by atoms with Gasteiger partial charge in [-0.3, -0.25) is 37.3 Å². The minimum absolute atomic E-state index is 0.103. The minimum atomic E-state index is -4.96. The number of hydrogen-bond donors (Lipinski definition) is 3. The van der Waals surface area contributed by atoms with Crippen LogP contribution in [-0.4, -0.2) is 96.7 Å². The van der Waals surface area contributed by atoms with Crippen molar-refractivity contribution in [1.29, 1.82) is 0 Å². The largest absolute Gasteiger partial charge is 0.472 e. The summed E-state index contributed by atoms with van der Waals surface area (Å²) in [7, 11) is -9.92. The molecule has 0 saturated carbocycles. The van der Waals surface area contributed by atoms with Gasteiger partial charge in [0.2, 0.25) is 0 Å². The number of phosphoric ester groups is 2. The second kappa shape index (κ2) is 71.3. The monoisotopic (exact) mass is 1470 g/mol. The molecule has 0 spiro atoms. The molecule has 0 heterocycles.